The third-order valence-corrected chi connectivity index (χ3v) is 2.63. The zero-order valence-electron chi connectivity index (χ0n) is 8.13. The van der Waals surface area contributed by atoms with Gasteiger partial charge in [-0.25, -0.2) is 9.59 Å². The normalized spacial score (nSPS) is 25.2. The van der Waals surface area contributed by atoms with Crippen LogP contribution >= 0.6 is 0 Å². The molecule has 0 aliphatic carbocycles. The first-order valence-corrected chi connectivity index (χ1v) is 4.75. The Morgan fingerprint density at radius 3 is 2.47 bits per heavy atom. The van der Waals surface area contributed by atoms with Crippen LogP contribution in [0.3, 0.4) is 0 Å². The van der Waals surface area contributed by atoms with Gasteiger partial charge in [0, 0.05) is 12.5 Å². The standard InChI is InChI=1S/C9H13NO5/c11-5-1-2-6-3-4-7(8(12)13)10(6)9(14)15/h5-7H,1-4H2,(H,12,13)(H,14,15)/t6-,7-/m1/s1. The molecule has 0 unspecified atom stereocenters. The maximum absolute atomic E-state index is 10.9. The van der Waals surface area contributed by atoms with Gasteiger partial charge in [0.2, 0.25) is 0 Å². The van der Waals surface area contributed by atoms with E-state index in [0.717, 1.165) is 4.90 Å². The first kappa shape index (κ1) is 11.5. The molecule has 0 aromatic rings. The van der Waals surface area contributed by atoms with Crippen molar-refractivity contribution in [2.75, 3.05) is 0 Å². The highest BCUT2D eigenvalue weighted by molar-refractivity contribution is 5.80. The molecule has 2 atom stereocenters. The average Bonchev–Trinajstić information content (AvgIpc) is 2.58. The molecule has 0 aromatic heterocycles. The summed E-state index contributed by atoms with van der Waals surface area (Å²) in [5.41, 5.74) is 0. The molecule has 0 saturated carbocycles. The monoisotopic (exact) mass is 215 g/mol. The summed E-state index contributed by atoms with van der Waals surface area (Å²) in [6, 6.07) is -1.30. The number of aldehydes is 1. The molecule has 1 saturated heterocycles. The highest BCUT2D eigenvalue weighted by Gasteiger charge is 2.40. The number of hydrogen-bond donors (Lipinski definition) is 2. The van der Waals surface area contributed by atoms with Crippen LogP contribution in [0.5, 0.6) is 0 Å². The lowest BCUT2D eigenvalue weighted by molar-refractivity contribution is -0.142. The molecule has 15 heavy (non-hydrogen) atoms. The Kier molecular flexibility index (Phi) is 3.65. The Morgan fingerprint density at radius 1 is 1.33 bits per heavy atom. The number of aliphatic carboxylic acids is 1. The van der Waals surface area contributed by atoms with Crippen molar-refractivity contribution in [2.45, 2.75) is 37.8 Å². The van der Waals surface area contributed by atoms with Gasteiger partial charge in [0.05, 0.1) is 0 Å². The number of carbonyl (C=O) groups excluding carboxylic acids is 1. The van der Waals surface area contributed by atoms with E-state index < -0.39 is 18.1 Å². The van der Waals surface area contributed by atoms with Gasteiger partial charge in [-0.2, -0.15) is 0 Å². The zero-order chi connectivity index (χ0) is 11.4. The van der Waals surface area contributed by atoms with Crippen molar-refractivity contribution in [2.24, 2.45) is 0 Å². The average molecular weight is 215 g/mol. The molecule has 6 heteroatoms. The number of likely N-dealkylation sites (tertiary alicyclic amines) is 1. The summed E-state index contributed by atoms with van der Waals surface area (Å²) in [5.74, 6) is -1.12. The van der Waals surface area contributed by atoms with E-state index in [2.05, 4.69) is 0 Å². The minimum Gasteiger partial charge on any atom is -0.480 e. The number of nitrogens with zero attached hydrogens (tertiary/aromatic N) is 1. The summed E-state index contributed by atoms with van der Waals surface area (Å²) in [6.07, 6.45) is 0.993. The van der Waals surface area contributed by atoms with Gasteiger partial charge in [-0.15, -0.1) is 0 Å². The molecule has 1 heterocycles. The summed E-state index contributed by atoms with van der Waals surface area (Å²) in [4.78, 5) is 32.7. The van der Waals surface area contributed by atoms with Crippen molar-refractivity contribution < 1.29 is 24.6 Å². The van der Waals surface area contributed by atoms with Crippen LogP contribution in [0.1, 0.15) is 25.7 Å². The summed E-state index contributed by atoms with van der Waals surface area (Å²) in [5, 5.41) is 17.7. The number of carbonyl (C=O) groups is 3. The fraction of sp³-hybridized carbons (Fsp3) is 0.667. The smallest absolute Gasteiger partial charge is 0.408 e. The van der Waals surface area contributed by atoms with E-state index in [9.17, 15) is 14.4 Å². The predicted octanol–water partition coefficient (Wildman–Crippen LogP) is 0.561. The third kappa shape index (κ3) is 2.45. The van der Waals surface area contributed by atoms with Crippen molar-refractivity contribution >= 4 is 18.3 Å². The van der Waals surface area contributed by atoms with Gasteiger partial charge >= 0.3 is 12.1 Å². The van der Waals surface area contributed by atoms with E-state index >= 15 is 0 Å². The van der Waals surface area contributed by atoms with Gasteiger partial charge in [-0.05, 0) is 19.3 Å². The third-order valence-electron chi connectivity index (χ3n) is 2.63. The lowest BCUT2D eigenvalue weighted by atomic mass is 10.1. The van der Waals surface area contributed by atoms with E-state index in [1.807, 2.05) is 0 Å². The summed E-state index contributed by atoms with van der Waals surface area (Å²) in [7, 11) is 0. The van der Waals surface area contributed by atoms with E-state index in [-0.39, 0.29) is 12.5 Å². The molecule has 1 aliphatic rings. The topological polar surface area (TPSA) is 94.9 Å². The molecule has 1 aliphatic heterocycles. The van der Waals surface area contributed by atoms with Crippen LogP contribution in [0.15, 0.2) is 0 Å². The minimum absolute atomic E-state index is 0.265. The first-order valence-electron chi connectivity index (χ1n) is 4.75. The molecule has 0 bridgehead atoms. The molecule has 6 nitrogen and oxygen atoms in total. The van der Waals surface area contributed by atoms with E-state index in [4.69, 9.17) is 10.2 Å². The van der Waals surface area contributed by atoms with E-state index in [1.54, 1.807) is 0 Å². The fourth-order valence-corrected chi connectivity index (χ4v) is 1.96. The predicted molar refractivity (Wildman–Crippen MR) is 49.6 cm³/mol. The van der Waals surface area contributed by atoms with Gasteiger partial charge in [0.15, 0.2) is 0 Å². The second-order valence-corrected chi connectivity index (χ2v) is 3.52. The van der Waals surface area contributed by atoms with Crippen LogP contribution in [0, 0.1) is 0 Å². The van der Waals surface area contributed by atoms with Crippen LogP contribution in [-0.2, 0) is 9.59 Å². The molecule has 0 spiro atoms. The molecule has 2 N–H and O–H groups in total. The van der Waals surface area contributed by atoms with Crippen LogP contribution in [0.4, 0.5) is 4.79 Å². The van der Waals surface area contributed by atoms with Crippen molar-refractivity contribution in [3.8, 4) is 0 Å². The van der Waals surface area contributed by atoms with Crippen molar-refractivity contribution in [3.05, 3.63) is 0 Å². The second-order valence-electron chi connectivity index (χ2n) is 3.52. The number of carboxylic acids is 1. The number of carboxylic acid groups (broad SMARTS) is 2. The molecule has 1 amide bonds. The highest BCUT2D eigenvalue weighted by Crippen LogP contribution is 2.27. The maximum atomic E-state index is 10.9. The number of hydrogen-bond acceptors (Lipinski definition) is 3. The van der Waals surface area contributed by atoms with Crippen molar-refractivity contribution in [1.29, 1.82) is 0 Å². The highest BCUT2D eigenvalue weighted by atomic mass is 16.4. The van der Waals surface area contributed by atoms with Crippen LogP contribution in [-0.4, -0.2) is 45.5 Å². The molecular weight excluding hydrogens is 202 g/mol. The van der Waals surface area contributed by atoms with Crippen molar-refractivity contribution in [3.63, 3.8) is 0 Å². The number of amides is 1. The SMILES string of the molecule is O=CCC[C@@H]1CC[C@H](C(=O)O)N1C(=O)O. The largest absolute Gasteiger partial charge is 0.480 e. The molecule has 0 aromatic carbocycles. The van der Waals surface area contributed by atoms with Crippen LogP contribution in [0.2, 0.25) is 0 Å². The Hall–Kier alpha value is -1.59. The van der Waals surface area contributed by atoms with Gasteiger partial charge in [0.1, 0.15) is 12.3 Å². The lowest BCUT2D eigenvalue weighted by Gasteiger charge is -2.24. The van der Waals surface area contributed by atoms with Gasteiger partial charge < -0.3 is 15.0 Å². The Labute approximate surface area is 86.5 Å². The van der Waals surface area contributed by atoms with E-state index in [1.165, 1.54) is 0 Å². The fourth-order valence-electron chi connectivity index (χ4n) is 1.96. The van der Waals surface area contributed by atoms with E-state index in [0.29, 0.717) is 25.5 Å². The van der Waals surface area contributed by atoms with Crippen molar-refractivity contribution in [1.82, 2.24) is 4.90 Å². The molecule has 0 radical (unpaired) electrons. The van der Waals surface area contributed by atoms with Crippen LogP contribution in [0.25, 0.3) is 0 Å². The Morgan fingerprint density at radius 2 is 2.00 bits per heavy atom. The quantitative estimate of drug-likeness (QED) is 0.668. The Bertz CT molecular complexity index is 278. The number of rotatable bonds is 4. The second kappa shape index (κ2) is 4.77. The maximum Gasteiger partial charge on any atom is 0.408 e. The molecule has 1 fully saturated rings. The van der Waals surface area contributed by atoms with Gasteiger partial charge in [-0.3, -0.25) is 4.90 Å². The van der Waals surface area contributed by atoms with Gasteiger partial charge in [0.25, 0.3) is 0 Å². The Balaban J connectivity index is 2.70. The molecular formula is C9H13NO5. The van der Waals surface area contributed by atoms with Crippen LogP contribution < -0.4 is 0 Å². The summed E-state index contributed by atoms with van der Waals surface area (Å²) >= 11 is 0. The molecule has 84 valence electrons. The lowest BCUT2D eigenvalue weighted by Crippen LogP contribution is -2.44. The summed E-state index contributed by atoms with van der Waals surface area (Å²) < 4.78 is 0. The summed E-state index contributed by atoms with van der Waals surface area (Å²) in [6.45, 7) is 0. The minimum atomic E-state index is -1.23. The molecule has 1 rings (SSSR count). The zero-order valence-corrected chi connectivity index (χ0v) is 8.13. The van der Waals surface area contributed by atoms with Gasteiger partial charge in [-0.1, -0.05) is 0 Å². The first-order chi connectivity index (χ1) is 7.07.